The van der Waals surface area contributed by atoms with E-state index in [9.17, 15) is 9.90 Å². The Labute approximate surface area is 121 Å². The molecule has 0 atom stereocenters. The summed E-state index contributed by atoms with van der Waals surface area (Å²) in [7, 11) is 1.64. The van der Waals surface area contributed by atoms with E-state index in [1.165, 1.54) is 0 Å². The molecule has 0 spiro atoms. The first-order valence-corrected chi connectivity index (χ1v) is 7.23. The van der Waals surface area contributed by atoms with E-state index >= 15 is 0 Å². The molecule has 0 bridgehead atoms. The first-order valence-electron chi connectivity index (χ1n) is 7.23. The first kappa shape index (κ1) is 14.9. The van der Waals surface area contributed by atoms with Gasteiger partial charge in [-0.1, -0.05) is 26.0 Å². The molecule has 0 aromatic heterocycles. The van der Waals surface area contributed by atoms with E-state index in [2.05, 4.69) is 13.8 Å². The molecule has 0 aliphatic heterocycles. The van der Waals surface area contributed by atoms with Gasteiger partial charge >= 0.3 is 5.97 Å². The smallest absolute Gasteiger partial charge is 0.309 e. The van der Waals surface area contributed by atoms with Crippen LogP contribution < -0.4 is 4.74 Å². The van der Waals surface area contributed by atoms with Crippen molar-refractivity contribution in [1.29, 1.82) is 0 Å². The molecule has 3 heteroatoms. The largest absolute Gasteiger partial charge is 0.497 e. The normalized spacial score (nSPS) is 20.4. The fourth-order valence-electron chi connectivity index (χ4n) is 3.01. The zero-order valence-electron chi connectivity index (χ0n) is 12.6. The Hall–Kier alpha value is -1.51. The number of hydrogen-bond acceptors (Lipinski definition) is 2. The molecule has 1 aliphatic rings. The highest BCUT2D eigenvalue weighted by Crippen LogP contribution is 2.47. The molecule has 1 N–H and O–H groups in total. The van der Waals surface area contributed by atoms with Crippen LogP contribution in [0.25, 0.3) is 0 Å². The van der Waals surface area contributed by atoms with Crippen molar-refractivity contribution < 1.29 is 14.6 Å². The van der Waals surface area contributed by atoms with Gasteiger partial charge in [-0.3, -0.25) is 4.79 Å². The van der Waals surface area contributed by atoms with Crippen LogP contribution in [0.4, 0.5) is 0 Å². The van der Waals surface area contributed by atoms with E-state index in [1.807, 2.05) is 24.3 Å². The van der Waals surface area contributed by atoms with Crippen molar-refractivity contribution in [3.05, 3.63) is 29.8 Å². The lowest BCUT2D eigenvalue weighted by Crippen LogP contribution is -2.39. The van der Waals surface area contributed by atoms with E-state index in [0.717, 1.165) is 37.0 Å². The minimum absolute atomic E-state index is 0.277. The second-order valence-electron chi connectivity index (χ2n) is 6.77. The Bertz CT molecular complexity index is 464. The SMILES string of the molecule is COc1ccc(CC2(C(=O)O)CCC(C)(C)CC2)cc1. The lowest BCUT2D eigenvalue weighted by molar-refractivity contribution is -0.152. The number of benzene rings is 1. The highest BCUT2D eigenvalue weighted by molar-refractivity contribution is 5.75. The Balaban J connectivity index is 2.15. The van der Waals surface area contributed by atoms with Gasteiger partial charge in [-0.05, 0) is 55.2 Å². The van der Waals surface area contributed by atoms with Crippen molar-refractivity contribution in [2.45, 2.75) is 46.0 Å². The summed E-state index contributed by atoms with van der Waals surface area (Å²) in [4.78, 5) is 11.8. The molecule has 0 unspecified atom stereocenters. The van der Waals surface area contributed by atoms with Gasteiger partial charge in [0.15, 0.2) is 0 Å². The molecule has 3 nitrogen and oxygen atoms in total. The van der Waals surface area contributed by atoms with Gasteiger partial charge in [0.05, 0.1) is 12.5 Å². The van der Waals surface area contributed by atoms with Gasteiger partial charge in [0.25, 0.3) is 0 Å². The van der Waals surface area contributed by atoms with Gasteiger partial charge in [0.1, 0.15) is 5.75 Å². The van der Waals surface area contributed by atoms with Crippen molar-refractivity contribution in [1.82, 2.24) is 0 Å². The predicted octanol–water partition coefficient (Wildman–Crippen LogP) is 3.91. The van der Waals surface area contributed by atoms with Crippen molar-refractivity contribution >= 4 is 5.97 Å². The maximum atomic E-state index is 11.8. The van der Waals surface area contributed by atoms with Crippen LogP contribution in [0.2, 0.25) is 0 Å². The van der Waals surface area contributed by atoms with Gasteiger partial charge in [0.2, 0.25) is 0 Å². The predicted molar refractivity (Wildman–Crippen MR) is 79.0 cm³/mol. The summed E-state index contributed by atoms with van der Waals surface area (Å²) in [5.74, 6) is 0.159. The lowest BCUT2D eigenvalue weighted by atomic mass is 9.63. The first-order chi connectivity index (χ1) is 9.37. The fraction of sp³-hybridized carbons (Fsp3) is 0.588. The molecule has 1 aromatic rings. The monoisotopic (exact) mass is 276 g/mol. The van der Waals surface area contributed by atoms with E-state index < -0.39 is 11.4 Å². The van der Waals surface area contributed by atoms with Gasteiger partial charge in [-0.25, -0.2) is 0 Å². The standard InChI is InChI=1S/C17H24O3/c1-16(2)8-10-17(11-9-16,15(18)19)12-13-4-6-14(20-3)7-5-13/h4-7H,8-12H2,1-3H3,(H,18,19). The highest BCUT2D eigenvalue weighted by atomic mass is 16.5. The van der Waals surface area contributed by atoms with E-state index in [1.54, 1.807) is 7.11 Å². The number of hydrogen-bond donors (Lipinski definition) is 1. The third kappa shape index (κ3) is 3.14. The van der Waals surface area contributed by atoms with Crippen molar-refractivity contribution in [3.63, 3.8) is 0 Å². The minimum atomic E-state index is -0.649. The average molecular weight is 276 g/mol. The summed E-state index contributed by atoms with van der Waals surface area (Å²) in [5.41, 5.74) is 0.760. The summed E-state index contributed by atoms with van der Waals surface area (Å²) in [5, 5.41) is 9.70. The van der Waals surface area contributed by atoms with Crippen LogP contribution in [0.1, 0.15) is 45.1 Å². The molecular weight excluding hydrogens is 252 g/mol. The Kier molecular flexibility index (Phi) is 4.07. The minimum Gasteiger partial charge on any atom is -0.497 e. The Morgan fingerprint density at radius 3 is 2.15 bits per heavy atom. The van der Waals surface area contributed by atoms with Crippen LogP contribution in [0.5, 0.6) is 5.75 Å². The molecule has 1 aromatic carbocycles. The van der Waals surface area contributed by atoms with Crippen LogP contribution in [-0.2, 0) is 11.2 Å². The number of carboxylic acids is 1. The zero-order valence-corrected chi connectivity index (χ0v) is 12.6. The molecule has 20 heavy (non-hydrogen) atoms. The summed E-state index contributed by atoms with van der Waals surface area (Å²) in [6.45, 7) is 4.46. The molecular formula is C17H24O3. The van der Waals surface area contributed by atoms with E-state index in [-0.39, 0.29) is 5.41 Å². The number of carboxylic acid groups (broad SMARTS) is 1. The van der Waals surface area contributed by atoms with E-state index in [4.69, 9.17) is 4.74 Å². The van der Waals surface area contributed by atoms with Crippen LogP contribution >= 0.6 is 0 Å². The Morgan fingerprint density at radius 2 is 1.70 bits per heavy atom. The molecule has 0 saturated heterocycles. The second-order valence-corrected chi connectivity index (χ2v) is 6.77. The van der Waals surface area contributed by atoms with Crippen LogP contribution in [0.15, 0.2) is 24.3 Å². The summed E-state index contributed by atoms with van der Waals surface area (Å²) in [6.07, 6.45) is 4.11. The van der Waals surface area contributed by atoms with Gasteiger partial charge in [0, 0.05) is 0 Å². The third-order valence-electron chi connectivity index (χ3n) is 4.72. The van der Waals surface area contributed by atoms with Gasteiger partial charge < -0.3 is 9.84 Å². The number of carbonyl (C=O) groups is 1. The molecule has 0 amide bonds. The Morgan fingerprint density at radius 1 is 1.15 bits per heavy atom. The molecule has 1 fully saturated rings. The van der Waals surface area contributed by atoms with Gasteiger partial charge in [-0.2, -0.15) is 0 Å². The fourth-order valence-corrected chi connectivity index (χ4v) is 3.01. The quantitative estimate of drug-likeness (QED) is 0.907. The van der Waals surface area contributed by atoms with Crippen LogP contribution in [-0.4, -0.2) is 18.2 Å². The topological polar surface area (TPSA) is 46.5 Å². The summed E-state index contributed by atoms with van der Waals surface area (Å²) >= 11 is 0. The van der Waals surface area contributed by atoms with Crippen LogP contribution in [0.3, 0.4) is 0 Å². The number of aliphatic carboxylic acids is 1. The van der Waals surface area contributed by atoms with Crippen molar-refractivity contribution in [2.24, 2.45) is 10.8 Å². The van der Waals surface area contributed by atoms with Crippen LogP contribution in [0, 0.1) is 10.8 Å². The maximum absolute atomic E-state index is 11.8. The summed E-state index contributed by atoms with van der Waals surface area (Å²) < 4.78 is 5.14. The second kappa shape index (κ2) is 5.47. The number of methoxy groups -OCH3 is 1. The van der Waals surface area contributed by atoms with Gasteiger partial charge in [-0.15, -0.1) is 0 Å². The molecule has 0 radical (unpaired) electrons. The van der Waals surface area contributed by atoms with Crippen molar-refractivity contribution in [2.75, 3.05) is 7.11 Å². The molecule has 1 aliphatic carbocycles. The molecule has 110 valence electrons. The number of rotatable bonds is 4. The highest BCUT2D eigenvalue weighted by Gasteiger charge is 2.43. The number of ether oxygens (including phenoxy) is 1. The molecule has 1 saturated carbocycles. The summed E-state index contributed by atoms with van der Waals surface area (Å²) in [6, 6.07) is 7.75. The van der Waals surface area contributed by atoms with E-state index in [0.29, 0.717) is 6.42 Å². The lowest BCUT2D eigenvalue weighted by Gasteiger charge is -2.41. The molecule has 0 heterocycles. The maximum Gasteiger partial charge on any atom is 0.309 e. The average Bonchev–Trinajstić information content (AvgIpc) is 2.42. The van der Waals surface area contributed by atoms with Crippen molar-refractivity contribution in [3.8, 4) is 5.75 Å². The zero-order chi connectivity index (χ0) is 14.8. The third-order valence-corrected chi connectivity index (χ3v) is 4.72. The molecule has 2 rings (SSSR count).